The standard InChI is InChI=1S/C17H26FNO/c1-5-17(4)6-8-19(9-7-17)16-10-12(2)15(18)11-14(16)13(3)20/h10-11,13,20H,5-9H2,1-4H3/t13-/m0/s1. The van der Waals surface area contributed by atoms with Crippen molar-refractivity contribution in [1.29, 1.82) is 0 Å². The van der Waals surface area contributed by atoms with Crippen molar-refractivity contribution in [1.82, 2.24) is 0 Å². The zero-order valence-corrected chi connectivity index (χ0v) is 13.0. The van der Waals surface area contributed by atoms with Crippen LogP contribution in [0.3, 0.4) is 0 Å². The molecule has 112 valence electrons. The number of hydrogen-bond donors (Lipinski definition) is 1. The molecule has 1 aliphatic heterocycles. The number of piperidine rings is 1. The van der Waals surface area contributed by atoms with Gasteiger partial charge in [-0.15, -0.1) is 0 Å². The third-order valence-corrected chi connectivity index (χ3v) is 4.92. The van der Waals surface area contributed by atoms with Crippen LogP contribution in [-0.2, 0) is 0 Å². The summed E-state index contributed by atoms with van der Waals surface area (Å²) in [6, 6.07) is 3.37. The van der Waals surface area contributed by atoms with Crippen LogP contribution < -0.4 is 4.90 Å². The van der Waals surface area contributed by atoms with Gasteiger partial charge in [-0.25, -0.2) is 4.39 Å². The van der Waals surface area contributed by atoms with Crippen molar-refractivity contribution in [3.63, 3.8) is 0 Å². The van der Waals surface area contributed by atoms with Crippen LogP contribution in [-0.4, -0.2) is 18.2 Å². The molecule has 1 N–H and O–H groups in total. The number of aliphatic hydroxyl groups excluding tert-OH is 1. The summed E-state index contributed by atoms with van der Waals surface area (Å²) in [5.41, 5.74) is 2.77. The molecular weight excluding hydrogens is 253 g/mol. The smallest absolute Gasteiger partial charge is 0.126 e. The predicted octanol–water partition coefficient (Wildman–Crippen LogP) is 4.20. The highest BCUT2D eigenvalue weighted by Gasteiger charge is 2.29. The number of rotatable bonds is 3. The molecule has 1 atom stereocenters. The SMILES string of the molecule is CCC1(C)CCN(c2cc(C)c(F)cc2[C@H](C)O)CC1. The Kier molecular flexibility index (Phi) is 4.38. The first-order chi connectivity index (χ1) is 9.36. The van der Waals surface area contributed by atoms with Crippen LogP contribution in [0.1, 0.15) is 57.3 Å². The molecule has 0 saturated carbocycles. The fourth-order valence-electron chi connectivity index (χ4n) is 2.93. The van der Waals surface area contributed by atoms with Gasteiger partial charge in [0.25, 0.3) is 0 Å². The van der Waals surface area contributed by atoms with Crippen molar-refractivity contribution in [2.24, 2.45) is 5.41 Å². The van der Waals surface area contributed by atoms with E-state index < -0.39 is 6.10 Å². The summed E-state index contributed by atoms with van der Waals surface area (Å²) in [6.07, 6.45) is 2.87. The molecule has 1 fully saturated rings. The summed E-state index contributed by atoms with van der Waals surface area (Å²) in [4.78, 5) is 2.30. The number of aliphatic hydroxyl groups is 1. The first-order valence-corrected chi connectivity index (χ1v) is 7.59. The fourth-order valence-corrected chi connectivity index (χ4v) is 2.93. The minimum absolute atomic E-state index is 0.236. The number of nitrogens with zero attached hydrogens (tertiary/aromatic N) is 1. The number of anilines is 1. The lowest BCUT2D eigenvalue weighted by atomic mass is 9.78. The van der Waals surface area contributed by atoms with Crippen molar-refractivity contribution in [3.8, 4) is 0 Å². The second kappa shape index (κ2) is 5.72. The molecule has 1 aromatic carbocycles. The molecular formula is C17H26FNO. The van der Waals surface area contributed by atoms with Gasteiger partial charge in [-0.3, -0.25) is 0 Å². The maximum Gasteiger partial charge on any atom is 0.126 e. The number of hydrogen-bond acceptors (Lipinski definition) is 2. The van der Waals surface area contributed by atoms with E-state index in [0.29, 0.717) is 16.5 Å². The highest BCUT2D eigenvalue weighted by Crippen LogP contribution is 2.38. The van der Waals surface area contributed by atoms with Crippen LogP contribution in [0.4, 0.5) is 10.1 Å². The van der Waals surface area contributed by atoms with Gasteiger partial charge in [-0.1, -0.05) is 20.3 Å². The van der Waals surface area contributed by atoms with E-state index in [1.807, 2.05) is 6.07 Å². The zero-order chi connectivity index (χ0) is 14.9. The van der Waals surface area contributed by atoms with E-state index in [2.05, 4.69) is 18.7 Å². The van der Waals surface area contributed by atoms with E-state index in [0.717, 1.165) is 31.6 Å². The molecule has 1 aliphatic rings. The predicted molar refractivity (Wildman–Crippen MR) is 81.6 cm³/mol. The molecule has 2 rings (SSSR count). The molecule has 0 amide bonds. The van der Waals surface area contributed by atoms with Gasteiger partial charge < -0.3 is 10.0 Å². The van der Waals surface area contributed by atoms with Gasteiger partial charge in [-0.05, 0) is 49.8 Å². The van der Waals surface area contributed by atoms with Gasteiger partial charge in [0.2, 0.25) is 0 Å². The zero-order valence-electron chi connectivity index (χ0n) is 13.0. The van der Waals surface area contributed by atoms with E-state index >= 15 is 0 Å². The first-order valence-electron chi connectivity index (χ1n) is 7.59. The molecule has 0 radical (unpaired) electrons. The normalized spacial score (nSPS) is 20.0. The lowest BCUT2D eigenvalue weighted by Gasteiger charge is -2.41. The molecule has 20 heavy (non-hydrogen) atoms. The molecule has 0 unspecified atom stereocenters. The Morgan fingerprint density at radius 2 is 1.95 bits per heavy atom. The Labute approximate surface area is 121 Å². The monoisotopic (exact) mass is 279 g/mol. The number of aryl methyl sites for hydroxylation is 1. The molecule has 1 saturated heterocycles. The lowest BCUT2D eigenvalue weighted by Crippen LogP contribution is -2.39. The number of benzene rings is 1. The van der Waals surface area contributed by atoms with Crippen LogP contribution in [0, 0.1) is 18.2 Å². The van der Waals surface area contributed by atoms with E-state index in [1.54, 1.807) is 13.8 Å². The van der Waals surface area contributed by atoms with Crippen molar-refractivity contribution in [2.75, 3.05) is 18.0 Å². The van der Waals surface area contributed by atoms with E-state index in [9.17, 15) is 9.50 Å². The summed E-state index contributed by atoms with van der Waals surface area (Å²) in [7, 11) is 0. The van der Waals surface area contributed by atoms with Gasteiger partial charge in [0.1, 0.15) is 5.82 Å². The Morgan fingerprint density at radius 3 is 2.45 bits per heavy atom. The summed E-state index contributed by atoms with van der Waals surface area (Å²) < 4.78 is 13.7. The molecule has 1 heterocycles. The van der Waals surface area contributed by atoms with Crippen molar-refractivity contribution < 1.29 is 9.50 Å². The third kappa shape index (κ3) is 2.98. The summed E-state index contributed by atoms with van der Waals surface area (Å²) >= 11 is 0. The van der Waals surface area contributed by atoms with Crippen LogP contribution in [0.5, 0.6) is 0 Å². The summed E-state index contributed by atoms with van der Waals surface area (Å²) in [5.74, 6) is -0.236. The average Bonchev–Trinajstić information content (AvgIpc) is 2.42. The second-order valence-corrected chi connectivity index (χ2v) is 6.49. The van der Waals surface area contributed by atoms with E-state index in [-0.39, 0.29) is 5.82 Å². The molecule has 0 aromatic heterocycles. The Hall–Kier alpha value is -1.09. The minimum atomic E-state index is -0.639. The van der Waals surface area contributed by atoms with Gasteiger partial charge in [-0.2, -0.15) is 0 Å². The largest absolute Gasteiger partial charge is 0.389 e. The van der Waals surface area contributed by atoms with E-state index in [1.165, 1.54) is 12.5 Å². The topological polar surface area (TPSA) is 23.5 Å². The fraction of sp³-hybridized carbons (Fsp3) is 0.647. The minimum Gasteiger partial charge on any atom is -0.389 e. The molecule has 0 aliphatic carbocycles. The van der Waals surface area contributed by atoms with Gasteiger partial charge in [0, 0.05) is 24.3 Å². The Bertz CT molecular complexity index is 476. The average molecular weight is 279 g/mol. The molecule has 0 bridgehead atoms. The van der Waals surface area contributed by atoms with Crippen LogP contribution >= 0.6 is 0 Å². The molecule has 0 spiro atoms. The van der Waals surface area contributed by atoms with Crippen molar-refractivity contribution >= 4 is 5.69 Å². The van der Waals surface area contributed by atoms with Crippen LogP contribution in [0.15, 0.2) is 12.1 Å². The highest BCUT2D eigenvalue weighted by atomic mass is 19.1. The van der Waals surface area contributed by atoms with Crippen LogP contribution in [0.2, 0.25) is 0 Å². The van der Waals surface area contributed by atoms with Gasteiger partial charge in [0.05, 0.1) is 6.10 Å². The Morgan fingerprint density at radius 1 is 1.35 bits per heavy atom. The third-order valence-electron chi connectivity index (χ3n) is 4.92. The van der Waals surface area contributed by atoms with Gasteiger partial charge in [0.15, 0.2) is 0 Å². The first kappa shape index (κ1) is 15.3. The lowest BCUT2D eigenvalue weighted by molar-refractivity contribution is 0.198. The Balaban J connectivity index is 2.27. The molecule has 3 heteroatoms. The number of halogens is 1. The highest BCUT2D eigenvalue weighted by molar-refractivity contribution is 5.57. The maximum absolute atomic E-state index is 13.7. The van der Waals surface area contributed by atoms with Crippen molar-refractivity contribution in [3.05, 3.63) is 29.1 Å². The van der Waals surface area contributed by atoms with E-state index in [4.69, 9.17) is 0 Å². The van der Waals surface area contributed by atoms with Crippen molar-refractivity contribution in [2.45, 2.75) is 53.1 Å². The molecule has 1 aromatic rings. The van der Waals surface area contributed by atoms with Gasteiger partial charge >= 0.3 is 0 Å². The van der Waals surface area contributed by atoms with Crippen LogP contribution in [0.25, 0.3) is 0 Å². The maximum atomic E-state index is 13.7. The summed E-state index contributed by atoms with van der Waals surface area (Å²) in [6.45, 7) is 10.0. The quantitative estimate of drug-likeness (QED) is 0.896. The molecule has 2 nitrogen and oxygen atoms in total. The second-order valence-electron chi connectivity index (χ2n) is 6.49. The summed E-state index contributed by atoms with van der Waals surface area (Å²) in [5, 5.41) is 9.91.